The third-order valence-corrected chi connectivity index (χ3v) is 12.1. The normalized spacial score (nSPS) is 21.4. The molecule has 0 saturated carbocycles. The van der Waals surface area contributed by atoms with E-state index in [4.69, 9.17) is 9.16 Å². The monoisotopic (exact) mass is 409 g/mol. The smallest absolute Gasteiger partial charge is 0.257 e. The quantitative estimate of drug-likeness (QED) is 0.483. The molecule has 0 radical (unpaired) electrons. The Bertz CT molecular complexity index is 639. The zero-order valence-corrected chi connectivity index (χ0v) is 19.0. The minimum absolute atomic E-state index is 0.165. The fraction of sp³-hybridized carbons (Fsp3) is 0.667. The summed E-state index contributed by atoms with van der Waals surface area (Å²) in [5.41, 5.74) is 1.63. The number of aliphatic hydroxyl groups excluding tert-OH is 2. The topological polar surface area (TPSA) is 79.2 Å². The minimum atomic E-state index is -2.31. The number of nitrogens with zero attached hydrogens (tertiary/aromatic N) is 1. The maximum absolute atomic E-state index is 13.1. The van der Waals surface area contributed by atoms with E-state index in [0.29, 0.717) is 28.1 Å². The summed E-state index contributed by atoms with van der Waals surface area (Å²) in [7, 11) is -0.725. The van der Waals surface area contributed by atoms with E-state index in [9.17, 15) is 15.0 Å². The largest absolute Gasteiger partial charge is 0.497 e. The summed E-state index contributed by atoms with van der Waals surface area (Å²) in [5.74, 6) is 0.524. The summed E-state index contributed by atoms with van der Waals surface area (Å²) in [4.78, 5) is 14.6. The van der Waals surface area contributed by atoms with Crippen LogP contribution in [0, 0.1) is 0 Å². The number of amides is 1. The van der Waals surface area contributed by atoms with E-state index in [1.807, 2.05) is 0 Å². The number of carbonyl (C=O) groups excluding carboxylic acids is 1. The van der Waals surface area contributed by atoms with Gasteiger partial charge in [0.05, 0.1) is 19.8 Å². The Labute approximate surface area is 169 Å². The first-order valence-electron chi connectivity index (χ1n) is 10.1. The van der Waals surface area contributed by atoms with E-state index < -0.39 is 33.2 Å². The molecule has 1 heterocycles. The summed E-state index contributed by atoms with van der Waals surface area (Å²) in [6.45, 7) is 12.5. The van der Waals surface area contributed by atoms with Gasteiger partial charge in [-0.05, 0) is 40.9 Å². The molecule has 1 saturated heterocycles. The van der Waals surface area contributed by atoms with Crippen molar-refractivity contribution < 1.29 is 24.2 Å². The first-order valence-corrected chi connectivity index (χ1v) is 12.2. The predicted octanol–water partition coefficient (Wildman–Crippen LogP) is 3.32. The maximum atomic E-state index is 13.1. The van der Waals surface area contributed by atoms with Gasteiger partial charge in [-0.3, -0.25) is 4.79 Å². The highest BCUT2D eigenvalue weighted by Gasteiger charge is 2.57. The van der Waals surface area contributed by atoms with Crippen LogP contribution in [0.15, 0.2) is 24.3 Å². The first kappa shape index (κ1) is 22.9. The molecule has 0 bridgehead atoms. The van der Waals surface area contributed by atoms with Crippen LogP contribution in [0.25, 0.3) is 0 Å². The Kier molecular flexibility index (Phi) is 7.31. The summed E-state index contributed by atoms with van der Waals surface area (Å²) >= 11 is 0. The highest BCUT2D eigenvalue weighted by atomic mass is 28.4. The molecule has 0 unspecified atom stereocenters. The first-order chi connectivity index (χ1) is 13.1. The van der Waals surface area contributed by atoms with Crippen molar-refractivity contribution in [3.05, 3.63) is 24.3 Å². The number of methoxy groups -OCH3 is 1. The summed E-state index contributed by atoms with van der Waals surface area (Å²) in [6.07, 6.45) is -1.80. The van der Waals surface area contributed by atoms with Gasteiger partial charge in [-0.2, -0.15) is 0 Å². The molecule has 6 nitrogen and oxygen atoms in total. The lowest BCUT2D eigenvalue weighted by atomic mass is 9.92. The van der Waals surface area contributed by atoms with Crippen molar-refractivity contribution in [1.29, 1.82) is 0 Å². The Morgan fingerprint density at radius 2 is 1.54 bits per heavy atom. The molecule has 2 N–H and O–H groups in total. The second kappa shape index (κ2) is 8.94. The number of anilines is 1. The van der Waals surface area contributed by atoms with E-state index in [-0.39, 0.29) is 5.91 Å². The standard InChI is InChI=1S/C21H35NO5Si/c1-13(2)28(14(3)4,15(5)6)27-20-19(18(24)12-23)22(21(20)25)16-8-10-17(26-7)11-9-16/h8-11,13-15,18-20,23-24H,12H2,1-7H3/t18-,19+,20-/m1/s1. The average molecular weight is 410 g/mol. The van der Waals surface area contributed by atoms with Crippen molar-refractivity contribution in [1.82, 2.24) is 0 Å². The van der Waals surface area contributed by atoms with Crippen LogP contribution in [-0.2, 0) is 9.22 Å². The number of benzene rings is 1. The summed E-state index contributed by atoms with van der Waals surface area (Å²) < 4.78 is 11.8. The third kappa shape index (κ3) is 3.85. The fourth-order valence-electron chi connectivity index (χ4n) is 4.76. The fourth-order valence-corrected chi connectivity index (χ4v) is 10.3. The highest BCUT2D eigenvalue weighted by Crippen LogP contribution is 2.46. The van der Waals surface area contributed by atoms with Gasteiger partial charge in [-0.1, -0.05) is 41.5 Å². The molecule has 158 valence electrons. The van der Waals surface area contributed by atoms with Gasteiger partial charge in [-0.25, -0.2) is 0 Å². The van der Waals surface area contributed by atoms with E-state index in [2.05, 4.69) is 41.5 Å². The molecule has 1 amide bonds. The second-order valence-electron chi connectivity index (χ2n) is 8.50. The van der Waals surface area contributed by atoms with Crippen LogP contribution in [0.4, 0.5) is 5.69 Å². The van der Waals surface area contributed by atoms with Gasteiger partial charge in [0, 0.05) is 5.69 Å². The molecule has 1 aromatic carbocycles. The van der Waals surface area contributed by atoms with Crippen LogP contribution in [0.2, 0.25) is 16.6 Å². The molecule has 0 spiro atoms. The van der Waals surface area contributed by atoms with Gasteiger partial charge < -0.3 is 24.3 Å². The number of carbonyl (C=O) groups is 1. The highest BCUT2D eigenvalue weighted by molar-refractivity contribution is 6.77. The molecule has 3 atom stereocenters. The van der Waals surface area contributed by atoms with Crippen LogP contribution >= 0.6 is 0 Å². The minimum Gasteiger partial charge on any atom is -0.497 e. The molecule has 0 aliphatic carbocycles. The van der Waals surface area contributed by atoms with Gasteiger partial charge in [-0.15, -0.1) is 0 Å². The molecule has 7 heteroatoms. The third-order valence-electron chi connectivity index (χ3n) is 6.06. The zero-order chi connectivity index (χ0) is 21.2. The number of aliphatic hydroxyl groups is 2. The molecule has 1 aliphatic rings. The van der Waals surface area contributed by atoms with Gasteiger partial charge in [0.25, 0.3) is 5.91 Å². The molecule has 28 heavy (non-hydrogen) atoms. The lowest BCUT2D eigenvalue weighted by Crippen LogP contribution is -2.73. The van der Waals surface area contributed by atoms with Crippen LogP contribution in [0.1, 0.15) is 41.5 Å². The van der Waals surface area contributed by atoms with Crippen LogP contribution in [0.3, 0.4) is 0 Å². The predicted molar refractivity (Wildman–Crippen MR) is 113 cm³/mol. The number of β-lactam (4-membered cyclic amide) rings is 1. The van der Waals surface area contributed by atoms with Crippen LogP contribution in [-0.4, -0.2) is 56.4 Å². The summed E-state index contributed by atoms with van der Waals surface area (Å²) in [6, 6.07) is 6.50. The Balaban J connectivity index is 2.37. The van der Waals surface area contributed by atoms with Crippen LogP contribution in [0.5, 0.6) is 5.75 Å². The lowest BCUT2D eigenvalue weighted by Gasteiger charge is -2.54. The van der Waals surface area contributed by atoms with Crippen molar-refractivity contribution in [3.63, 3.8) is 0 Å². The second-order valence-corrected chi connectivity index (χ2v) is 13.9. The summed E-state index contributed by atoms with van der Waals surface area (Å²) in [5, 5.41) is 20.1. The average Bonchev–Trinajstić information content (AvgIpc) is 2.65. The lowest BCUT2D eigenvalue weighted by molar-refractivity contribution is -0.140. The van der Waals surface area contributed by atoms with Gasteiger partial charge in [0.15, 0.2) is 0 Å². The molecular weight excluding hydrogens is 374 g/mol. The molecular formula is C21H35NO5Si. The van der Waals surface area contributed by atoms with E-state index in [1.165, 1.54) is 4.90 Å². The van der Waals surface area contributed by atoms with Crippen molar-refractivity contribution in [2.24, 2.45) is 0 Å². The van der Waals surface area contributed by atoms with Crippen molar-refractivity contribution in [2.45, 2.75) is 76.4 Å². The number of rotatable bonds is 9. The maximum Gasteiger partial charge on any atom is 0.257 e. The SMILES string of the molecule is COc1ccc(N2C(=O)[C@H](O[Si](C(C)C)(C(C)C)C(C)C)[C@@H]2[C@H](O)CO)cc1. The van der Waals surface area contributed by atoms with Crippen molar-refractivity contribution in [3.8, 4) is 5.75 Å². The number of ether oxygens (including phenoxy) is 1. The van der Waals surface area contributed by atoms with Crippen LogP contribution < -0.4 is 9.64 Å². The molecule has 2 rings (SSSR count). The molecule has 1 aromatic rings. The van der Waals surface area contributed by atoms with E-state index >= 15 is 0 Å². The van der Waals surface area contributed by atoms with Gasteiger partial charge in [0.2, 0.25) is 8.32 Å². The molecule has 1 fully saturated rings. The van der Waals surface area contributed by atoms with E-state index in [0.717, 1.165) is 0 Å². The Hall–Kier alpha value is -1.41. The van der Waals surface area contributed by atoms with Crippen molar-refractivity contribution in [2.75, 3.05) is 18.6 Å². The van der Waals surface area contributed by atoms with Gasteiger partial charge in [0.1, 0.15) is 18.0 Å². The van der Waals surface area contributed by atoms with Gasteiger partial charge >= 0.3 is 0 Å². The zero-order valence-electron chi connectivity index (χ0n) is 18.0. The molecule has 1 aliphatic heterocycles. The molecule has 0 aromatic heterocycles. The van der Waals surface area contributed by atoms with Crippen molar-refractivity contribution >= 4 is 19.9 Å². The number of hydrogen-bond acceptors (Lipinski definition) is 5. The Morgan fingerprint density at radius 3 is 1.93 bits per heavy atom. The number of hydrogen-bond donors (Lipinski definition) is 2. The van der Waals surface area contributed by atoms with E-state index in [1.54, 1.807) is 31.4 Å². The Morgan fingerprint density at radius 1 is 1.04 bits per heavy atom.